The fourth-order valence-corrected chi connectivity index (χ4v) is 1.73. The van der Waals surface area contributed by atoms with Crippen LogP contribution in [0.25, 0.3) is 0 Å². The molecular formula is C13H13BrN4O3. The summed E-state index contributed by atoms with van der Waals surface area (Å²) in [6.07, 6.45) is 3.08. The van der Waals surface area contributed by atoms with Gasteiger partial charge in [0, 0.05) is 36.3 Å². The number of hydrogen-bond acceptors (Lipinski definition) is 5. The van der Waals surface area contributed by atoms with E-state index in [2.05, 4.69) is 36.5 Å². The summed E-state index contributed by atoms with van der Waals surface area (Å²) in [4.78, 5) is 19.8. The van der Waals surface area contributed by atoms with Gasteiger partial charge in [-0.2, -0.15) is 0 Å². The Morgan fingerprint density at radius 3 is 2.14 bits per heavy atom. The second kappa shape index (κ2) is 6.89. The maximum Gasteiger partial charge on any atom is 0.326 e. The number of carbonyl (C=O) groups excluding carboxylic acids is 1. The van der Waals surface area contributed by atoms with Gasteiger partial charge in [-0.05, 0) is 15.9 Å². The van der Waals surface area contributed by atoms with E-state index in [0.717, 1.165) is 4.47 Å². The molecule has 0 saturated carbocycles. The van der Waals surface area contributed by atoms with Crippen LogP contribution >= 0.6 is 15.9 Å². The third kappa shape index (κ3) is 4.32. The number of hydrogen-bond donors (Lipinski definition) is 2. The molecule has 110 valence electrons. The lowest BCUT2D eigenvalue weighted by Gasteiger charge is -2.10. The molecule has 0 saturated heterocycles. The third-order valence-electron chi connectivity index (χ3n) is 2.45. The quantitative estimate of drug-likeness (QED) is 0.883. The molecule has 8 heteroatoms. The predicted octanol–water partition coefficient (Wildman–Crippen LogP) is 2.90. The summed E-state index contributed by atoms with van der Waals surface area (Å²) in [7, 11) is 3.07. The summed E-state index contributed by atoms with van der Waals surface area (Å²) < 4.78 is 11.0. The molecule has 0 spiro atoms. The molecule has 1 aromatic heterocycles. The first-order valence-corrected chi connectivity index (χ1v) is 6.68. The molecule has 2 N–H and O–H groups in total. The van der Waals surface area contributed by atoms with Gasteiger partial charge in [0.15, 0.2) is 0 Å². The zero-order chi connectivity index (χ0) is 15.2. The van der Waals surface area contributed by atoms with Gasteiger partial charge in [0.05, 0.1) is 18.7 Å². The Labute approximate surface area is 129 Å². The number of nitrogens with one attached hydrogen (secondary N) is 2. The van der Waals surface area contributed by atoms with Crippen molar-refractivity contribution >= 4 is 33.6 Å². The van der Waals surface area contributed by atoms with Crippen molar-refractivity contribution in [3.63, 3.8) is 0 Å². The molecule has 0 unspecified atom stereocenters. The van der Waals surface area contributed by atoms with Crippen molar-refractivity contribution in [3.05, 3.63) is 35.1 Å². The summed E-state index contributed by atoms with van der Waals surface area (Å²) in [5, 5.41) is 5.17. The van der Waals surface area contributed by atoms with E-state index in [4.69, 9.17) is 9.47 Å². The largest absolute Gasteiger partial charge is 0.497 e. The Hall–Kier alpha value is -2.35. The van der Waals surface area contributed by atoms with Gasteiger partial charge in [0.1, 0.15) is 11.5 Å². The van der Waals surface area contributed by atoms with Crippen molar-refractivity contribution in [2.24, 2.45) is 0 Å². The van der Waals surface area contributed by atoms with Gasteiger partial charge in [0.25, 0.3) is 0 Å². The third-order valence-corrected chi connectivity index (χ3v) is 2.86. The molecular weight excluding hydrogens is 340 g/mol. The van der Waals surface area contributed by atoms with Crippen LogP contribution in [0.15, 0.2) is 35.1 Å². The molecule has 0 radical (unpaired) electrons. The highest BCUT2D eigenvalue weighted by atomic mass is 79.9. The predicted molar refractivity (Wildman–Crippen MR) is 81.9 cm³/mol. The second-order valence-electron chi connectivity index (χ2n) is 3.91. The van der Waals surface area contributed by atoms with Gasteiger partial charge in [-0.3, -0.25) is 5.32 Å². The van der Waals surface area contributed by atoms with Crippen molar-refractivity contribution in [1.82, 2.24) is 9.97 Å². The number of ether oxygens (including phenoxy) is 2. The SMILES string of the molecule is COc1cc(NC(=O)Nc2ncc(Br)cn2)cc(OC)c1. The number of amides is 2. The first-order valence-electron chi connectivity index (χ1n) is 5.89. The van der Waals surface area contributed by atoms with E-state index in [1.54, 1.807) is 18.2 Å². The normalized spacial score (nSPS) is 9.86. The number of aromatic nitrogens is 2. The maximum atomic E-state index is 11.9. The van der Waals surface area contributed by atoms with Crippen LogP contribution in [0.4, 0.5) is 16.4 Å². The first-order chi connectivity index (χ1) is 10.1. The summed E-state index contributed by atoms with van der Waals surface area (Å²) in [6, 6.07) is 4.59. The van der Waals surface area contributed by atoms with Crippen LogP contribution in [0.3, 0.4) is 0 Å². The topological polar surface area (TPSA) is 85.4 Å². The lowest BCUT2D eigenvalue weighted by atomic mass is 10.3. The van der Waals surface area contributed by atoms with Crippen molar-refractivity contribution in [1.29, 1.82) is 0 Å². The van der Waals surface area contributed by atoms with Gasteiger partial charge < -0.3 is 14.8 Å². The highest BCUT2D eigenvalue weighted by Gasteiger charge is 2.07. The molecule has 7 nitrogen and oxygen atoms in total. The number of carbonyl (C=O) groups is 1. The molecule has 2 aromatic rings. The zero-order valence-corrected chi connectivity index (χ0v) is 13.0. The molecule has 1 heterocycles. The van der Waals surface area contributed by atoms with E-state index < -0.39 is 6.03 Å². The molecule has 0 aliphatic rings. The van der Waals surface area contributed by atoms with Crippen LogP contribution in [-0.2, 0) is 0 Å². The van der Waals surface area contributed by atoms with E-state index in [9.17, 15) is 4.79 Å². The Morgan fingerprint density at radius 1 is 1.05 bits per heavy atom. The standard InChI is InChI=1S/C13H13BrN4O3/c1-20-10-3-9(4-11(5-10)21-2)17-13(19)18-12-15-6-8(14)7-16-12/h3-7H,1-2H3,(H2,15,16,17,18,19). The second-order valence-corrected chi connectivity index (χ2v) is 4.82. The van der Waals surface area contributed by atoms with Crippen LogP contribution in [0.1, 0.15) is 0 Å². The van der Waals surface area contributed by atoms with Crippen LogP contribution in [0.5, 0.6) is 11.5 Å². The lowest BCUT2D eigenvalue weighted by Crippen LogP contribution is -2.20. The molecule has 0 bridgehead atoms. The number of rotatable bonds is 4. The molecule has 0 aliphatic heterocycles. The van der Waals surface area contributed by atoms with E-state index in [1.807, 2.05) is 0 Å². The van der Waals surface area contributed by atoms with Gasteiger partial charge in [-0.1, -0.05) is 0 Å². The molecule has 2 amide bonds. The van der Waals surface area contributed by atoms with Gasteiger partial charge in [-0.25, -0.2) is 14.8 Å². The Morgan fingerprint density at radius 2 is 1.62 bits per heavy atom. The molecule has 0 aliphatic carbocycles. The number of nitrogens with zero attached hydrogens (tertiary/aromatic N) is 2. The highest BCUT2D eigenvalue weighted by Crippen LogP contribution is 2.25. The Kier molecular flexibility index (Phi) is 4.94. The summed E-state index contributed by atoms with van der Waals surface area (Å²) in [6.45, 7) is 0. The maximum absolute atomic E-state index is 11.9. The number of urea groups is 1. The fraction of sp³-hybridized carbons (Fsp3) is 0.154. The van der Waals surface area contributed by atoms with Crippen LogP contribution in [-0.4, -0.2) is 30.2 Å². The zero-order valence-electron chi connectivity index (χ0n) is 11.4. The molecule has 21 heavy (non-hydrogen) atoms. The molecule has 2 rings (SSSR count). The summed E-state index contributed by atoms with van der Waals surface area (Å²) >= 11 is 3.22. The number of methoxy groups -OCH3 is 2. The molecule has 1 aromatic carbocycles. The molecule has 0 fully saturated rings. The van der Waals surface area contributed by atoms with Crippen molar-refractivity contribution < 1.29 is 14.3 Å². The highest BCUT2D eigenvalue weighted by molar-refractivity contribution is 9.10. The van der Waals surface area contributed by atoms with Crippen molar-refractivity contribution in [2.45, 2.75) is 0 Å². The van der Waals surface area contributed by atoms with Gasteiger partial charge >= 0.3 is 6.03 Å². The average molecular weight is 353 g/mol. The minimum absolute atomic E-state index is 0.200. The molecule has 0 atom stereocenters. The first kappa shape index (κ1) is 15.0. The Bertz CT molecular complexity index is 612. The van der Waals surface area contributed by atoms with Crippen molar-refractivity contribution in [2.75, 3.05) is 24.9 Å². The summed E-state index contributed by atoms with van der Waals surface area (Å²) in [5.74, 6) is 1.35. The minimum Gasteiger partial charge on any atom is -0.497 e. The van der Waals surface area contributed by atoms with E-state index in [0.29, 0.717) is 17.2 Å². The summed E-state index contributed by atoms with van der Waals surface area (Å²) in [5.41, 5.74) is 0.529. The van der Waals surface area contributed by atoms with Gasteiger partial charge in [0.2, 0.25) is 5.95 Å². The Balaban J connectivity index is 2.06. The van der Waals surface area contributed by atoms with Crippen LogP contribution in [0.2, 0.25) is 0 Å². The van der Waals surface area contributed by atoms with Crippen molar-refractivity contribution in [3.8, 4) is 11.5 Å². The smallest absolute Gasteiger partial charge is 0.326 e. The van der Waals surface area contributed by atoms with E-state index in [-0.39, 0.29) is 5.95 Å². The van der Waals surface area contributed by atoms with E-state index in [1.165, 1.54) is 26.6 Å². The lowest BCUT2D eigenvalue weighted by molar-refractivity contribution is 0.262. The number of benzene rings is 1. The fourth-order valence-electron chi connectivity index (χ4n) is 1.52. The van der Waals surface area contributed by atoms with Gasteiger partial charge in [-0.15, -0.1) is 0 Å². The monoisotopic (exact) mass is 352 g/mol. The van der Waals surface area contributed by atoms with Crippen LogP contribution < -0.4 is 20.1 Å². The van der Waals surface area contributed by atoms with Crippen LogP contribution in [0, 0.1) is 0 Å². The average Bonchev–Trinajstić information content (AvgIpc) is 2.49. The number of halogens is 1. The number of anilines is 2. The van der Waals surface area contributed by atoms with E-state index >= 15 is 0 Å². The minimum atomic E-state index is -0.465.